The van der Waals surface area contributed by atoms with Crippen molar-refractivity contribution in [2.24, 2.45) is 0 Å². The predicted octanol–water partition coefficient (Wildman–Crippen LogP) is 2.99. The highest BCUT2D eigenvalue weighted by Crippen LogP contribution is 2.22. The molecule has 2 aromatic carbocycles. The summed E-state index contributed by atoms with van der Waals surface area (Å²) in [7, 11) is 0. The van der Waals surface area contributed by atoms with Crippen LogP contribution in [0.1, 0.15) is 20.7 Å². The molecular formula is C18H15BrClN7O2. The Labute approximate surface area is 179 Å². The van der Waals surface area contributed by atoms with E-state index in [4.69, 9.17) is 17.3 Å². The Kier molecular flexibility index (Phi) is 6.47. The normalized spacial score (nSPS) is 10.1. The number of rotatable bonds is 6. The molecule has 148 valence electrons. The molecule has 0 aliphatic carbocycles. The minimum absolute atomic E-state index is 0.0828. The van der Waals surface area contributed by atoms with Crippen molar-refractivity contribution in [1.29, 1.82) is 0 Å². The molecular weight excluding hydrogens is 462 g/mol. The average Bonchev–Trinajstić information content (AvgIpc) is 2.72. The number of nitrogens with zero attached hydrogens (tertiary/aromatic N) is 2. The number of hydrogen-bond acceptors (Lipinski definition) is 7. The largest absolute Gasteiger partial charge is 0.393 e. The van der Waals surface area contributed by atoms with E-state index >= 15 is 0 Å². The van der Waals surface area contributed by atoms with E-state index in [1.165, 1.54) is 6.33 Å². The molecule has 0 saturated heterocycles. The molecule has 0 radical (unpaired) electrons. The van der Waals surface area contributed by atoms with Crippen LogP contribution in [-0.2, 0) is 0 Å². The predicted molar refractivity (Wildman–Crippen MR) is 114 cm³/mol. The Morgan fingerprint density at radius 3 is 1.97 bits per heavy atom. The first kappa shape index (κ1) is 20.4. The number of nitrogens with one attached hydrogen (secondary N) is 4. The van der Waals surface area contributed by atoms with Crippen molar-refractivity contribution >= 4 is 56.7 Å². The van der Waals surface area contributed by atoms with Crippen molar-refractivity contribution < 1.29 is 9.59 Å². The monoisotopic (exact) mass is 475 g/mol. The van der Waals surface area contributed by atoms with Gasteiger partial charge in [-0.15, -0.1) is 0 Å². The molecule has 9 nitrogen and oxygen atoms in total. The number of hydrogen-bond donors (Lipinski definition) is 5. The van der Waals surface area contributed by atoms with Crippen LogP contribution in [0.4, 0.5) is 17.3 Å². The molecule has 0 spiro atoms. The van der Waals surface area contributed by atoms with Crippen LogP contribution in [0, 0.1) is 0 Å². The lowest BCUT2D eigenvalue weighted by Gasteiger charge is -2.14. The van der Waals surface area contributed by atoms with Crippen molar-refractivity contribution in [1.82, 2.24) is 20.8 Å². The first-order valence-electron chi connectivity index (χ1n) is 8.19. The summed E-state index contributed by atoms with van der Waals surface area (Å²) in [5, 5.41) is 0.305. The van der Waals surface area contributed by atoms with Gasteiger partial charge >= 0.3 is 0 Å². The van der Waals surface area contributed by atoms with E-state index in [2.05, 4.69) is 47.6 Å². The highest BCUT2D eigenvalue weighted by atomic mass is 79.9. The maximum atomic E-state index is 12.3. The third-order valence-electron chi connectivity index (χ3n) is 3.71. The Morgan fingerprint density at radius 1 is 0.862 bits per heavy atom. The van der Waals surface area contributed by atoms with Crippen LogP contribution in [0.3, 0.4) is 0 Å². The van der Waals surface area contributed by atoms with Crippen LogP contribution in [0.25, 0.3) is 0 Å². The van der Waals surface area contributed by atoms with Gasteiger partial charge in [-0.25, -0.2) is 9.97 Å². The van der Waals surface area contributed by atoms with Gasteiger partial charge in [0.05, 0.1) is 16.1 Å². The molecule has 6 N–H and O–H groups in total. The number of anilines is 3. The summed E-state index contributed by atoms with van der Waals surface area (Å²) in [5.74, 6) is -0.574. The highest BCUT2D eigenvalue weighted by Gasteiger charge is 2.14. The molecule has 3 rings (SSSR count). The lowest BCUT2D eigenvalue weighted by Crippen LogP contribution is -2.32. The third kappa shape index (κ3) is 4.92. The number of halogens is 2. The molecule has 1 heterocycles. The fourth-order valence-corrected chi connectivity index (χ4v) is 2.94. The first-order valence-corrected chi connectivity index (χ1v) is 9.36. The van der Waals surface area contributed by atoms with Gasteiger partial charge in [-0.1, -0.05) is 35.9 Å². The zero-order valence-electron chi connectivity index (χ0n) is 14.7. The zero-order valence-corrected chi connectivity index (χ0v) is 17.1. The summed E-state index contributed by atoms with van der Waals surface area (Å²) in [4.78, 5) is 32.4. The van der Waals surface area contributed by atoms with Gasteiger partial charge in [-0.2, -0.15) is 0 Å². The van der Waals surface area contributed by atoms with E-state index in [1.807, 2.05) is 0 Å². The van der Waals surface area contributed by atoms with Gasteiger partial charge in [0, 0.05) is 4.47 Å². The van der Waals surface area contributed by atoms with E-state index in [-0.39, 0.29) is 22.9 Å². The van der Waals surface area contributed by atoms with Gasteiger partial charge < -0.3 is 5.73 Å². The second-order valence-electron chi connectivity index (χ2n) is 5.60. The summed E-state index contributed by atoms with van der Waals surface area (Å²) in [6.45, 7) is 0. The molecule has 2 amide bonds. The van der Waals surface area contributed by atoms with Crippen LogP contribution >= 0.6 is 27.5 Å². The molecule has 0 aliphatic heterocycles. The number of aromatic nitrogens is 2. The van der Waals surface area contributed by atoms with Gasteiger partial charge in [0.15, 0.2) is 11.6 Å². The Hall–Kier alpha value is -3.37. The molecule has 0 atom stereocenters. The maximum Gasteiger partial charge on any atom is 0.271 e. The second-order valence-corrected chi connectivity index (χ2v) is 6.86. The summed E-state index contributed by atoms with van der Waals surface area (Å²) in [5.41, 5.74) is 17.0. The number of nitrogen functional groups attached to an aromatic ring is 1. The summed E-state index contributed by atoms with van der Waals surface area (Å²) >= 11 is 9.31. The Bertz CT molecular complexity index is 984. The van der Waals surface area contributed by atoms with Crippen molar-refractivity contribution in [2.45, 2.75) is 0 Å². The maximum absolute atomic E-state index is 12.3. The quantitative estimate of drug-likeness (QED) is 0.345. The molecule has 1 aromatic heterocycles. The number of nitrogens with two attached hydrogens (primary N) is 1. The molecule has 0 saturated carbocycles. The minimum atomic E-state index is -0.467. The van der Waals surface area contributed by atoms with Gasteiger partial charge in [0.1, 0.15) is 12.0 Å². The zero-order chi connectivity index (χ0) is 20.8. The Balaban J connectivity index is 1.65. The van der Waals surface area contributed by atoms with E-state index in [9.17, 15) is 9.59 Å². The number of amides is 2. The smallest absolute Gasteiger partial charge is 0.271 e. The first-order chi connectivity index (χ1) is 14.0. The standard InChI is InChI=1S/C18H15BrClN7O2/c19-12-7-3-1-5-10(12)17(28)26-24-15-14(21)16(23-9-22-15)25-27-18(29)11-6-2-4-8-13(11)20/h1-9H,21H2,(H,26,28)(H,27,29)(H2,22,23,24,25). The molecule has 0 bridgehead atoms. The molecule has 0 aliphatic rings. The molecule has 0 unspecified atom stereocenters. The molecule has 29 heavy (non-hydrogen) atoms. The van der Waals surface area contributed by atoms with Gasteiger partial charge in [0.25, 0.3) is 11.8 Å². The third-order valence-corrected chi connectivity index (χ3v) is 4.73. The molecule has 11 heteroatoms. The van der Waals surface area contributed by atoms with Gasteiger partial charge in [0.2, 0.25) is 0 Å². The van der Waals surface area contributed by atoms with E-state index in [0.29, 0.717) is 15.1 Å². The fourth-order valence-electron chi connectivity index (χ4n) is 2.25. The van der Waals surface area contributed by atoms with E-state index in [1.54, 1.807) is 48.5 Å². The van der Waals surface area contributed by atoms with Crippen LogP contribution in [-0.4, -0.2) is 21.8 Å². The van der Waals surface area contributed by atoms with Crippen LogP contribution < -0.4 is 27.4 Å². The molecule has 3 aromatic rings. The van der Waals surface area contributed by atoms with Crippen molar-refractivity contribution in [3.8, 4) is 0 Å². The van der Waals surface area contributed by atoms with Crippen molar-refractivity contribution in [3.05, 3.63) is 75.5 Å². The highest BCUT2D eigenvalue weighted by molar-refractivity contribution is 9.10. The fraction of sp³-hybridized carbons (Fsp3) is 0. The lowest BCUT2D eigenvalue weighted by atomic mass is 10.2. The summed E-state index contributed by atoms with van der Waals surface area (Å²) in [6.07, 6.45) is 1.22. The SMILES string of the molecule is Nc1c(NNC(=O)c2ccccc2Cl)ncnc1NNC(=O)c1ccccc1Br. The average molecular weight is 477 g/mol. The van der Waals surface area contributed by atoms with E-state index in [0.717, 1.165) is 0 Å². The number of hydrazine groups is 2. The lowest BCUT2D eigenvalue weighted by molar-refractivity contribution is 0.0954. The van der Waals surface area contributed by atoms with Crippen molar-refractivity contribution in [3.63, 3.8) is 0 Å². The Morgan fingerprint density at radius 2 is 1.38 bits per heavy atom. The number of carbonyl (C=O) groups is 2. The van der Waals surface area contributed by atoms with Gasteiger partial charge in [-0.05, 0) is 40.2 Å². The van der Waals surface area contributed by atoms with Crippen LogP contribution in [0.5, 0.6) is 0 Å². The van der Waals surface area contributed by atoms with Crippen molar-refractivity contribution in [2.75, 3.05) is 16.6 Å². The molecule has 0 fully saturated rings. The van der Waals surface area contributed by atoms with Crippen LogP contribution in [0.2, 0.25) is 5.02 Å². The minimum Gasteiger partial charge on any atom is -0.393 e. The van der Waals surface area contributed by atoms with Crippen LogP contribution in [0.15, 0.2) is 59.3 Å². The topological polar surface area (TPSA) is 134 Å². The van der Waals surface area contributed by atoms with Gasteiger partial charge in [-0.3, -0.25) is 31.3 Å². The number of benzene rings is 2. The number of carbonyl (C=O) groups excluding carboxylic acids is 2. The summed E-state index contributed by atoms with van der Waals surface area (Å²) in [6, 6.07) is 13.5. The summed E-state index contributed by atoms with van der Waals surface area (Å²) < 4.78 is 0.639. The van der Waals surface area contributed by atoms with E-state index < -0.39 is 11.8 Å². The second kappa shape index (κ2) is 9.22.